The molecule has 0 bridgehead atoms. The number of hydrogen-bond donors (Lipinski definition) is 0. The van der Waals surface area contributed by atoms with Crippen LogP contribution in [0, 0.1) is 10.1 Å². The molecule has 0 radical (unpaired) electrons. The fourth-order valence-electron chi connectivity index (χ4n) is 2.28. The first-order valence-electron chi connectivity index (χ1n) is 8.26. The minimum Gasteiger partial charge on any atom is -0.462 e. The van der Waals surface area contributed by atoms with E-state index in [2.05, 4.69) is 0 Å². The molecule has 0 amide bonds. The Bertz CT molecular complexity index is 802. The number of carbonyl (C=O) groups excluding carboxylic acids is 2. The summed E-state index contributed by atoms with van der Waals surface area (Å²) in [5.41, 5.74) is -0.279. The molecule has 0 aliphatic rings. The molecule has 2 aromatic rings. The molecule has 0 spiro atoms. The lowest BCUT2D eigenvalue weighted by Crippen LogP contribution is -2.16. The average Bonchev–Trinajstić information content (AvgIpc) is 2.65. The molecule has 0 atom stereocenters. The molecule has 0 saturated heterocycles. The first kappa shape index (κ1) is 19.1. The topological polar surface area (TPSA) is 95.7 Å². The van der Waals surface area contributed by atoms with Crippen molar-refractivity contribution in [2.24, 2.45) is 0 Å². The van der Waals surface area contributed by atoms with E-state index in [1.807, 2.05) is 6.92 Å². The van der Waals surface area contributed by atoms with Gasteiger partial charge in [-0.15, -0.1) is 0 Å². The third-order valence-corrected chi connectivity index (χ3v) is 3.61. The Labute approximate surface area is 150 Å². The molecule has 2 aromatic carbocycles. The fraction of sp³-hybridized carbons (Fsp3) is 0.263. The number of nitro benzene ring substituents is 1. The summed E-state index contributed by atoms with van der Waals surface area (Å²) in [5.74, 6) is -1.68. The van der Waals surface area contributed by atoms with Crippen LogP contribution in [0.15, 0.2) is 48.5 Å². The van der Waals surface area contributed by atoms with E-state index in [1.54, 1.807) is 12.1 Å². The summed E-state index contributed by atoms with van der Waals surface area (Å²) < 4.78 is 10.3. The molecule has 0 unspecified atom stereocenters. The molecular weight excluding hydrogens is 338 g/mol. The van der Waals surface area contributed by atoms with Crippen LogP contribution in [0.2, 0.25) is 0 Å². The second-order valence-corrected chi connectivity index (χ2v) is 5.50. The highest BCUT2D eigenvalue weighted by atomic mass is 16.6. The molecule has 0 aromatic heterocycles. The lowest BCUT2D eigenvalue weighted by Gasteiger charge is -2.09. The number of unbranched alkanes of at least 4 members (excludes halogenated alkanes) is 2. The number of rotatable bonds is 8. The summed E-state index contributed by atoms with van der Waals surface area (Å²) in [7, 11) is 0. The van der Waals surface area contributed by atoms with Gasteiger partial charge in [0.25, 0.3) is 0 Å². The highest BCUT2D eigenvalue weighted by Gasteiger charge is 2.22. The molecule has 7 heteroatoms. The molecule has 26 heavy (non-hydrogen) atoms. The van der Waals surface area contributed by atoms with Gasteiger partial charge < -0.3 is 9.47 Å². The Hall–Kier alpha value is -3.22. The van der Waals surface area contributed by atoms with Crippen molar-refractivity contribution in [3.8, 4) is 5.75 Å². The maximum absolute atomic E-state index is 12.4. The molecule has 0 heterocycles. The van der Waals surface area contributed by atoms with Gasteiger partial charge in [0.2, 0.25) is 5.75 Å². The first-order chi connectivity index (χ1) is 12.5. The van der Waals surface area contributed by atoms with Crippen LogP contribution >= 0.6 is 0 Å². The van der Waals surface area contributed by atoms with Gasteiger partial charge >= 0.3 is 17.6 Å². The quantitative estimate of drug-likeness (QED) is 0.231. The summed E-state index contributed by atoms with van der Waals surface area (Å²) in [5, 5.41) is 11.0. The lowest BCUT2D eigenvalue weighted by atomic mass is 10.1. The van der Waals surface area contributed by atoms with Crippen molar-refractivity contribution in [1.29, 1.82) is 0 Å². The summed E-state index contributed by atoms with van der Waals surface area (Å²) in [6.45, 7) is 2.30. The predicted octanol–water partition coefficient (Wildman–Crippen LogP) is 4.16. The van der Waals surface area contributed by atoms with Gasteiger partial charge in [0, 0.05) is 6.07 Å². The van der Waals surface area contributed by atoms with E-state index < -0.39 is 16.9 Å². The zero-order valence-corrected chi connectivity index (χ0v) is 14.3. The van der Waals surface area contributed by atoms with Crippen molar-refractivity contribution in [3.05, 3.63) is 69.8 Å². The monoisotopic (exact) mass is 357 g/mol. The molecule has 2 rings (SSSR count). The normalized spacial score (nSPS) is 10.2. The maximum Gasteiger partial charge on any atom is 0.344 e. The van der Waals surface area contributed by atoms with Crippen molar-refractivity contribution in [2.45, 2.75) is 26.2 Å². The zero-order valence-electron chi connectivity index (χ0n) is 14.3. The fourth-order valence-corrected chi connectivity index (χ4v) is 2.28. The molecule has 0 saturated carbocycles. The number of benzene rings is 2. The Morgan fingerprint density at radius 2 is 1.58 bits per heavy atom. The number of ether oxygens (including phenoxy) is 2. The van der Waals surface area contributed by atoms with Crippen LogP contribution < -0.4 is 4.74 Å². The van der Waals surface area contributed by atoms with E-state index in [0.29, 0.717) is 0 Å². The number of carbonyl (C=O) groups is 2. The minimum atomic E-state index is -0.861. The molecule has 0 fully saturated rings. The van der Waals surface area contributed by atoms with Crippen LogP contribution in [-0.4, -0.2) is 23.5 Å². The maximum atomic E-state index is 12.4. The van der Waals surface area contributed by atoms with Gasteiger partial charge in [-0.05, 0) is 24.6 Å². The first-order valence-corrected chi connectivity index (χ1v) is 8.26. The van der Waals surface area contributed by atoms with E-state index in [0.717, 1.165) is 19.3 Å². The third kappa shape index (κ3) is 4.89. The highest BCUT2D eigenvalue weighted by Crippen LogP contribution is 2.27. The second kappa shape index (κ2) is 9.31. The third-order valence-electron chi connectivity index (χ3n) is 3.61. The van der Waals surface area contributed by atoms with Crippen molar-refractivity contribution < 1.29 is 24.0 Å². The number of nitro groups is 1. The van der Waals surface area contributed by atoms with E-state index >= 15 is 0 Å². The van der Waals surface area contributed by atoms with Crippen molar-refractivity contribution >= 4 is 17.6 Å². The zero-order chi connectivity index (χ0) is 18.9. The Kier molecular flexibility index (Phi) is 6.84. The van der Waals surface area contributed by atoms with Crippen molar-refractivity contribution in [1.82, 2.24) is 0 Å². The van der Waals surface area contributed by atoms with E-state index in [-0.39, 0.29) is 29.2 Å². The highest BCUT2D eigenvalue weighted by molar-refractivity contribution is 6.03. The van der Waals surface area contributed by atoms with Crippen LogP contribution in [0.4, 0.5) is 5.69 Å². The van der Waals surface area contributed by atoms with Crippen molar-refractivity contribution in [2.75, 3.05) is 6.61 Å². The smallest absolute Gasteiger partial charge is 0.344 e. The molecular formula is C19H19NO6. The van der Waals surface area contributed by atoms with Gasteiger partial charge in [0.15, 0.2) is 0 Å². The van der Waals surface area contributed by atoms with E-state index in [1.165, 1.54) is 36.4 Å². The van der Waals surface area contributed by atoms with E-state index in [4.69, 9.17) is 9.47 Å². The Morgan fingerprint density at radius 3 is 2.23 bits per heavy atom. The van der Waals surface area contributed by atoms with E-state index in [9.17, 15) is 19.7 Å². The second-order valence-electron chi connectivity index (χ2n) is 5.50. The average molecular weight is 357 g/mol. The molecule has 0 N–H and O–H groups in total. The summed E-state index contributed by atoms with van der Waals surface area (Å²) >= 11 is 0. The molecule has 7 nitrogen and oxygen atoms in total. The number of nitrogens with zero attached hydrogens (tertiary/aromatic N) is 1. The van der Waals surface area contributed by atoms with Crippen LogP contribution in [-0.2, 0) is 4.74 Å². The van der Waals surface area contributed by atoms with Gasteiger partial charge in [-0.1, -0.05) is 44.0 Å². The Morgan fingerprint density at radius 1 is 0.962 bits per heavy atom. The lowest BCUT2D eigenvalue weighted by molar-refractivity contribution is -0.385. The van der Waals surface area contributed by atoms with Crippen molar-refractivity contribution in [3.63, 3.8) is 0 Å². The van der Waals surface area contributed by atoms with Crippen LogP contribution in [0.1, 0.15) is 46.9 Å². The SMILES string of the molecule is CCCCCOC(=O)c1ccccc1C(=O)Oc1ccccc1[N+](=O)[O-]. The van der Waals surface area contributed by atoms with Gasteiger partial charge in [-0.3, -0.25) is 10.1 Å². The van der Waals surface area contributed by atoms with Crippen LogP contribution in [0.3, 0.4) is 0 Å². The summed E-state index contributed by atoms with van der Waals surface area (Å²) in [6.07, 6.45) is 2.68. The Balaban J connectivity index is 2.17. The van der Waals surface area contributed by atoms with Crippen LogP contribution in [0.5, 0.6) is 5.75 Å². The summed E-state index contributed by atoms with van der Waals surface area (Å²) in [6, 6.07) is 11.6. The van der Waals surface area contributed by atoms with Gasteiger partial charge in [0.05, 0.1) is 22.7 Å². The van der Waals surface area contributed by atoms with Gasteiger partial charge in [-0.25, -0.2) is 9.59 Å². The summed E-state index contributed by atoms with van der Waals surface area (Å²) in [4.78, 5) is 35.0. The molecule has 0 aliphatic heterocycles. The standard InChI is InChI=1S/C19H19NO6/c1-2-3-8-13-25-18(21)14-9-4-5-10-15(14)19(22)26-17-12-7-6-11-16(17)20(23)24/h4-7,9-12H,2-3,8,13H2,1H3. The minimum absolute atomic E-state index is 0.00820. The van der Waals surface area contributed by atoms with Crippen LogP contribution in [0.25, 0.3) is 0 Å². The number of esters is 2. The van der Waals surface area contributed by atoms with Gasteiger partial charge in [0.1, 0.15) is 0 Å². The largest absolute Gasteiger partial charge is 0.462 e. The molecule has 0 aliphatic carbocycles. The number of para-hydroxylation sites is 2. The predicted molar refractivity (Wildman–Crippen MR) is 94.3 cm³/mol. The number of hydrogen-bond acceptors (Lipinski definition) is 6. The molecule has 136 valence electrons. The van der Waals surface area contributed by atoms with Gasteiger partial charge in [-0.2, -0.15) is 0 Å².